The molecule has 1 aliphatic carbocycles. The molecule has 1 heterocycles. The van der Waals surface area contributed by atoms with Crippen molar-refractivity contribution in [2.45, 2.75) is 24.6 Å². The summed E-state index contributed by atoms with van der Waals surface area (Å²) in [5, 5.41) is 1.50. The van der Waals surface area contributed by atoms with Crippen LogP contribution in [0.15, 0.2) is 10.5 Å². The summed E-state index contributed by atoms with van der Waals surface area (Å²) in [7, 11) is 0. The summed E-state index contributed by atoms with van der Waals surface area (Å²) < 4.78 is 0. The van der Waals surface area contributed by atoms with Gasteiger partial charge in [0.1, 0.15) is 0 Å². The van der Waals surface area contributed by atoms with Crippen LogP contribution in [0.25, 0.3) is 0 Å². The van der Waals surface area contributed by atoms with Crippen LogP contribution in [0.5, 0.6) is 0 Å². The molecule has 0 unspecified atom stereocenters. The molecule has 0 nitrogen and oxygen atoms in total. The van der Waals surface area contributed by atoms with Crippen molar-refractivity contribution < 1.29 is 0 Å². The first kappa shape index (κ1) is 5.08. The second kappa shape index (κ2) is 1.89. The van der Waals surface area contributed by atoms with E-state index in [0.29, 0.717) is 0 Å². The van der Waals surface area contributed by atoms with Gasteiger partial charge in [-0.05, 0) is 0 Å². The zero-order valence-electron chi connectivity index (χ0n) is 4.89. The molecule has 0 N–H and O–H groups in total. The Morgan fingerprint density at radius 2 is 2.38 bits per heavy atom. The van der Waals surface area contributed by atoms with E-state index in [1.54, 1.807) is 0 Å². The van der Waals surface area contributed by atoms with Crippen molar-refractivity contribution in [2.24, 2.45) is 5.92 Å². The Morgan fingerprint density at radius 1 is 1.50 bits per heavy atom. The molecule has 0 atom stereocenters. The second-order valence-corrected chi connectivity index (χ2v) is 4.64. The molecule has 8 heavy (non-hydrogen) atoms. The normalized spacial score (nSPS) is 28.2. The summed E-state index contributed by atoms with van der Waals surface area (Å²) in [5.41, 5.74) is 1.81. The van der Waals surface area contributed by atoms with Gasteiger partial charge in [0.25, 0.3) is 0 Å². The fourth-order valence-electron chi connectivity index (χ4n) is 1.16. The van der Waals surface area contributed by atoms with Crippen molar-refractivity contribution in [3.63, 3.8) is 0 Å². The van der Waals surface area contributed by atoms with Crippen molar-refractivity contribution in [1.29, 1.82) is 0 Å². The zero-order chi connectivity index (χ0) is 5.40. The average molecular weight is 173 g/mol. The van der Waals surface area contributed by atoms with E-state index in [2.05, 4.69) is 4.97 Å². The molecule has 44 valence electrons. The Hall–Kier alpha value is 0.259. The minimum absolute atomic E-state index is 0.901. The van der Waals surface area contributed by atoms with Gasteiger partial charge in [0, 0.05) is 0 Å². The quantitative estimate of drug-likeness (QED) is 0.530. The summed E-state index contributed by atoms with van der Waals surface area (Å²) in [6.07, 6.45) is 4.45. The number of hydrogen-bond donors (Lipinski definition) is 0. The van der Waals surface area contributed by atoms with Gasteiger partial charge < -0.3 is 0 Å². The van der Waals surface area contributed by atoms with E-state index in [1.807, 2.05) is 5.57 Å². The fraction of sp³-hybridized carbons (Fsp3) is 0.714. The fourth-order valence-corrected chi connectivity index (χ4v) is 3.25. The van der Waals surface area contributed by atoms with Crippen molar-refractivity contribution in [3.8, 4) is 0 Å². The van der Waals surface area contributed by atoms with Gasteiger partial charge in [0.15, 0.2) is 0 Å². The molecule has 1 fully saturated rings. The molecule has 1 heteroatoms. The van der Waals surface area contributed by atoms with Gasteiger partial charge in [-0.1, -0.05) is 0 Å². The number of rotatable bonds is 1. The first-order valence-corrected chi connectivity index (χ1v) is 5.47. The molecule has 0 amide bonds. The van der Waals surface area contributed by atoms with E-state index in [9.17, 15) is 0 Å². The number of allylic oxidation sites excluding steroid dienone is 1. The van der Waals surface area contributed by atoms with Gasteiger partial charge in [-0.3, -0.25) is 0 Å². The van der Waals surface area contributed by atoms with Crippen LogP contribution in [-0.2, 0) is 0 Å². The molecule has 1 aliphatic heterocycles. The van der Waals surface area contributed by atoms with Crippen molar-refractivity contribution in [2.75, 3.05) is 0 Å². The SMILES string of the molecule is C1=C(C2CC2)CC[Se]1. The van der Waals surface area contributed by atoms with Crippen LogP contribution in [0.3, 0.4) is 0 Å². The van der Waals surface area contributed by atoms with Crippen molar-refractivity contribution in [3.05, 3.63) is 10.5 Å². The van der Waals surface area contributed by atoms with E-state index in [4.69, 9.17) is 0 Å². The van der Waals surface area contributed by atoms with Crippen LogP contribution in [0.2, 0.25) is 5.32 Å². The van der Waals surface area contributed by atoms with Crippen LogP contribution >= 0.6 is 0 Å². The summed E-state index contributed by atoms with van der Waals surface area (Å²) in [6.45, 7) is 0. The predicted octanol–water partition coefficient (Wildman–Crippen LogP) is 1.81. The topological polar surface area (TPSA) is 0 Å². The van der Waals surface area contributed by atoms with Crippen LogP contribution < -0.4 is 0 Å². The molecular formula is C7H10Se. The first-order chi connectivity index (χ1) is 3.97. The Labute approximate surface area is 56.5 Å². The molecule has 0 aromatic carbocycles. The molecule has 0 spiro atoms. The Balaban J connectivity index is 2.02. The van der Waals surface area contributed by atoms with E-state index < -0.39 is 0 Å². The first-order valence-electron chi connectivity index (χ1n) is 3.27. The summed E-state index contributed by atoms with van der Waals surface area (Å²) in [6, 6.07) is 0. The molecule has 1 saturated carbocycles. The van der Waals surface area contributed by atoms with Crippen molar-refractivity contribution in [1.82, 2.24) is 0 Å². The summed E-state index contributed by atoms with van der Waals surface area (Å²) >= 11 is 0.901. The van der Waals surface area contributed by atoms with Crippen LogP contribution in [0, 0.1) is 5.92 Å². The van der Waals surface area contributed by atoms with E-state index in [0.717, 1.165) is 20.9 Å². The second-order valence-electron chi connectivity index (χ2n) is 2.59. The van der Waals surface area contributed by atoms with E-state index >= 15 is 0 Å². The third-order valence-corrected chi connectivity index (χ3v) is 3.75. The Kier molecular flexibility index (Phi) is 1.20. The molecule has 0 radical (unpaired) electrons. The Bertz CT molecular complexity index is 122. The number of hydrogen-bond acceptors (Lipinski definition) is 0. The van der Waals surface area contributed by atoms with E-state index in [1.165, 1.54) is 24.6 Å². The monoisotopic (exact) mass is 174 g/mol. The minimum atomic E-state index is 0.901. The van der Waals surface area contributed by atoms with Gasteiger partial charge in [-0.15, -0.1) is 0 Å². The zero-order valence-corrected chi connectivity index (χ0v) is 6.60. The third-order valence-electron chi connectivity index (χ3n) is 1.85. The Morgan fingerprint density at radius 3 is 2.88 bits per heavy atom. The molecule has 0 bridgehead atoms. The average Bonchev–Trinajstić information content (AvgIpc) is 2.49. The van der Waals surface area contributed by atoms with Gasteiger partial charge in [0.2, 0.25) is 0 Å². The van der Waals surface area contributed by atoms with Crippen LogP contribution in [-0.4, -0.2) is 15.0 Å². The molecule has 0 aromatic heterocycles. The van der Waals surface area contributed by atoms with Gasteiger partial charge in [-0.2, -0.15) is 0 Å². The predicted molar refractivity (Wildman–Crippen MR) is 36.0 cm³/mol. The van der Waals surface area contributed by atoms with Crippen LogP contribution in [0.4, 0.5) is 0 Å². The third kappa shape index (κ3) is 0.852. The van der Waals surface area contributed by atoms with E-state index in [-0.39, 0.29) is 0 Å². The van der Waals surface area contributed by atoms with Gasteiger partial charge in [0.05, 0.1) is 0 Å². The molecule has 2 aliphatic rings. The standard InChI is InChI=1S/C7H10Se/c1-2-6(1)7-3-4-8-5-7/h5-6H,1-4H2. The maximum atomic E-state index is 2.52. The van der Waals surface area contributed by atoms with Gasteiger partial charge in [-0.25, -0.2) is 0 Å². The molecule has 0 saturated heterocycles. The summed E-state index contributed by atoms with van der Waals surface area (Å²) in [5.74, 6) is 1.07. The molecule has 0 aromatic rings. The molecular weight excluding hydrogens is 163 g/mol. The maximum absolute atomic E-state index is 2.52. The molecule has 2 rings (SSSR count). The van der Waals surface area contributed by atoms with Crippen molar-refractivity contribution >= 4 is 15.0 Å². The van der Waals surface area contributed by atoms with Gasteiger partial charge >= 0.3 is 56.0 Å². The summed E-state index contributed by atoms with van der Waals surface area (Å²) in [4.78, 5) is 2.52. The van der Waals surface area contributed by atoms with Crippen LogP contribution in [0.1, 0.15) is 19.3 Å².